The normalized spacial score (nSPS) is 12.4. The molecule has 4 heteroatoms. The van der Waals surface area contributed by atoms with E-state index in [9.17, 15) is 0 Å². The molecule has 1 aromatic carbocycles. The monoisotopic (exact) mass is 396 g/mol. The number of halogens is 2. The summed E-state index contributed by atoms with van der Waals surface area (Å²) >= 11 is 7.03. The minimum atomic E-state index is 0.0909. The molecule has 2 aromatic rings. The maximum atomic E-state index is 4.53. The first-order valence-electron chi connectivity index (χ1n) is 6.72. The van der Waals surface area contributed by atoms with Gasteiger partial charge in [-0.3, -0.25) is 4.98 Å². The lowest BCUT2D eigenvalue weighted by Gasteiger charge is -2.18. The molecule has 2 rings (SSSR count). The van der Waals surface area contributed by atoms with Gasteiger partial charge in [0.05, 0.1) is 11.7 Å². The molecule has 1 heterocycles. The lowest BCUT2D eigenvalue weighted by molar-refractivity contribution is 0.666. The molecule has 0 amide bonds. The van der Waals surface area contributed by atoms with Crippen LogP contribution in [0.15, 0.2) is 45.5 Å². The van der Waals surface area contributed by atoms with Gasteiger partial charge in [-0.1, -0.05) is 37.6 Å². The quantitative estimate of drug-likeness (QED) is 0.778. The zero-order chi connectivity index (χ0) is 14.5. The molecule has 0 aliphatic heterocycles. The number of nitrogens with zero attached hydrogens (tertiary/aromatic N) is 1. The van der Waals surface area contributed by atoms with Gasteiger partial charge in [-0.15, -0.1) is 0 Å². The van der Waals surface area contributed by atoms with E-state index in [4.69, 9.17) is 0 Å². The molecule has 0 radical (unpaired) electrons. The van der Waals surface area contributed by atoms with Gasteiger partial charge in [0.2, 0.25) is 0 Å². The van der Waals surface area contributed by atoms with E-state index in [0.29, 0.717) is 0 Å². The number of nitrogens with one attached hydrogen (secondary N) is 1. The van der Waals surface area contributed by atoms with Gasteiger partial charge in [0.1, 0.15) is 0 Å². The van der Waals surface area contributed by atoms with Gasteiger partial charge in [-0.05, 0) is 62.5 Å². The van der Waals surface area contributed by atoms with Crippen molar-refractivity contribution in [2.75, 3.05) is 7.05 Å². The van der Waals surface area contributed by atoms with E-state index >= 15 is 0 Å². The molecule has 0 saturated heterocycles. The Labute approximate surface area is 137 Å². The molecule has 0 spiro atoms. The van der Waals surface area contributed by atoms with Crippen LogP contribution in [0.1, 0.15) is 36.2 Å². The van der Waals surface area contributed by atoms with E-state index in [1.54, 1.807) is 0 Å². The topological polar surface area (TPSA) is 24.9 Å². The number of benzene rings is 1. The summed E-state index contributed by atoms with van der Waals surface area (Å²) in [6, 6.07) is 10.9. The maximum Gasteiger partial charge on any atom is 0.0761 e. The van der Waals surface area contributed by atoms with E-state index in [2.05, 4.69) is 73.3 Å². The fraction of sp³-hybridized carbons (Fsp3) is 0.312. The number of aryl methyl sites for hydroxylation is 1. The van der Waals surface area contributed by atoms with Crippen LogP contribution >= 0.6 is 31.9 Å². The van der Waals surface area contributed by atoms with Crippen LogP contribution in [0.2, 0.25) is 0 Å². The molecule has 0 aliphatic rings. The zero-order valence-corrected chi connectivity index (χ0v) is 14.8. The van der Waals surface area contributed by atoms with Crippen molar-refractivity contribution in [2.24, 2.45) is 0 Å². The van der Waals surface area contributed by atoms with Crippen molar-refractivity contribution in [3.8, 4) is 0 Å². The minimum Gasteiger partial charge on any atom is -0.308 e. The van der Waals surface area contributed by atoms with Crippen LogP contribution in [0.5, 0.6) is 0 Å². The van der Waals surface area contributed by atoms with Gasteiger partial charge in [0.15, 0.2) is 0 Å². The standard InChI is InChI=1S/C16H18Br2N2/c1-3-4-11-5-7-12(8-6-11)15(19-2)16-14(18)9-13(17)10-20-16/h5-10,15,19H,3-4H2,1-2H3. The number of aromatic nitrogens is 1. The van der Waals surface area contributed by atoms with Crippen molar-refractivity contribution in [1.82, 2.24) is 10.3 Å². The summed E-state index contributed by atoms with van der Waals surface area (Å²) in [7, 11) is 1.96. The Bertz CT molecular complexity index is 567. The third-order valence-corrected chi connectivity index (χ3v) is 4.32. The highest BCUT2D eigenvalue weighted by atomic mass is 79.9. The predicted molar refractivity (Wildman–Crippen MR) is 91.0 cm³/mol. The summed E-state index contributed by atoms with van der Waals surface area (Å²) in [5, 5.41) is 3.34. The van der Waals surface area contributed by atoms with Gasteiger partial charge in [0.25, 0.3) is 0 Å². The fourth-order valence-corrected chi connectivity index (χ4v) is 3.48. The van der Waals surface area contributed by atoms with E-state index in [1.165, 1.54) is 17.5 Å². The summed E-state index contributed by atoms with van der Waals surface area (Å²) in [5.41, 5.74) is 3.61. The first-order valence-corrected chi connectivity index (χ1v) is 8.31. The van der Waals surface area contributed by atoms with Crippen LogP contribution in [-0.2, 0) is 6.42 Å². The summed E-state index contributed by atoms with van der Waals surface area (Å²) in [5.74, 6) is 0. The van der Waals surface area contributed by atoms with E-state index in [1.807, 2.05) is 19.3 Å². The number of rotatable bonds is 5. The van der Waals surface area contributed by atoms with Crippen molar-refractivity contribution in [3.05, 3.63) is 62.3 Å². The maximum absolute atomic E-state index is 4.53. The first-order chi connectivity index (χ1) is 9.65. The van der Waals surface area contributed by atoms with Crippen LogP contribution < -0.4 is 5.32 Å². The predicted octanol–water partition coefficient (Wildman–Crippen LogP) is 4.87. The zero-order valence-electron chi connectivity index (χ0n) is 11.7. The van der Waals surface area contributed by atoms with Crippen LogP contribution in [0, 0.1) is 0 Å². The molecule has 0 saturated carbocycles. The van der Waals surface area contributed by atoms with Gasteiger partial charge in [-0.2, -0.15) is 0 Å². The second-order valence-electron chi connectivity index (χ2n) is 4.73. The molecule has 0 aliphatic carbocycles. The van der Waals surface area contributed by atoms with Gasteiger partial charge in [-0.25, -0.2) is 0 Å². The molecular weight excluding hydrogens is 380 g/mol. The molecular formula is C16H18Br2N2. The van der Waals surface area contributed by atoms with Crippen molar-refractivity contribution in [2.45, 2.75) is 25.8 Å². The summed E-state index contributed by atoms with van der Waals surface area (Å²) in [6.07, 6.45) is 4.13. The molecule has 0 fully saturated rings. The van der Waals surface area contributed by atoms with E-state index in [0.717, 1.165) is 21.1 Å². The van der Waals surface area contributed by atoms with Crippen molar-refractivity contribution >= 4 is 31.9 Å². The minimum absolute atomic E-state index is 0.0909. The molecule has 0 bridgehead atoms. The molecule has 1 N–H and O–H groups in total. The number of pyridine rings is 1. The van der Waals surface area contributed by atoms with Crippen molar-refractivity contribution in [1.29, 1.82) is 0 Å². The SMILES string of the molecule is CCCc1ccc(C(NC)c2ncc(Br)cc2Br)cc1. The smallest absolute Gasteiger partial charge is 0.0761 e. The highest BCUT2D eigenvalue weighted by Gasteiger charge is 2.16. The van der Waals surface area contributed by atoms with E-state index < -0.39 is 0 Å². The Kier molecular flexibility index (Phi) is 5.75. The molecule has 1 aromatic heterocycles. The van der Waals surface area contributed by atoms with Crippen LogP contribution in [0.4, 0.5) is 0 Å². The van der Waals surface area contributed by atoms with Gasteiger partial charge >= 0.3 is 0 Å². The third kappa shape index (κ3) is 3.68. The summed E-state index contributed by atoms with van der Waals surface area (Å²) in [6.45, 7) is 2.20. The van der Waals surface area contributed by atoms with Crippen LogP contribution in [-0.4, -0.2) is 12.0 Å². The van der Waals surface area contributed by atoms with Crippen molar-refractivity contribution in [3.63, 3.8) is 0 Å². The molecule has 1 atom stereocenters. The second kappa shape index (κ2) is 7.34. The Hall–Kier alpha value is -0.710. The largest absolute Gasteiger partial charge is 0.308 e. The van der Waals surface area contributed by atoms with Crippen molar-refractivity contribution < 1.29 is 0 Å². The Balaban J connectivity index is 2.31. The molecule has 20 heavy (non-hydrogen) atoms. The van der Waals surface area contributed by atoms with E-state index in [-0.39, 0.29) is 6.04 Å². The lowest BCUT2D eigenvalue weighted by Crippen LogP contribution is -2.19. The average Bonchev–Trinajstić information content (AvgIpc) is 2.44. The number of hydrogen-bond donors (Lipinski definition) is 1. The molecule has 2 nitrogen and oxygen atoms in total. The molecule has 1 unspecified atom stereocenters. The third-order valence-electron chi connectivity index (χ3n) is 3.25. The molecule has 106 valence electrons. The van der Waals surface area contributed by atoms with Crippen LogP contribution in [0.3, 0.4) is 0 Å². The van der Waals surface area contributed by atoms with Gasteiger partial charge < -0.3 is 5.32 Å². The van der Waals surface area contributed by atoms with Gasteiger partial charge in [0, 0.05) is 15.1 Å². The highest BCUT2D eigenvalue weighted by molar-refractivity contribution is 9.11. The summed E-state index contributed by atoms with van der Waals surface area (Å²) in [4.78, 5) is 4.53. The average molecular weight is 398 g/mol. The second-order valence-corrected chi connectivity index (χ2v) is 6.50. The number of hydrogen-bond acceptors (Lipinski definition) is 2. The Morgan fingerprint density at radius 1 is 1.20 bits per heavy atom. The lowest BCUT2D eigenvalue weighted by atomic mass is 10.0. The van der Waals surface area contributed by atoms with Crippen LogP contribution in [0.25, 0.3) is 0 Å². The Morgan fingerprint density at radius 2 is 1.90 bits per heavy atom. The first kappa shape index (κ1) is 15.7. The highest BCUT2D eigenvalue weighted by Crippen LogP contribution is 2.28. The fourth-order valence-electron chi connectivity index (χ4n) is 2.26. The summed E-state index contributed by atoms with van der Waals surface area (Å²) < 4.78 is 1.98. The Morgan fingerprint density at radius 3 is 2.45 bits per heavy atom.